The molecule has 0 saturated heterocycles. The second-order valence-electron chi connectivity index (χ2n) is 5.54. The lowest BCUT2D eigenvalue weighted by Gasteiger charge is -2.36. The van der Waals surface area contributed by atoms with E-state index in [1.54, 1.807) is 18.7 Å². The van der Waals surface area contributed by atoms with Crippen LogP contribution in [-0.4, -0.2) is 25.7 Å². The molecule has 20 heavy (non-hydrogen) atoms. The molecule has 1 aromatic carbocycles. The number of rotatable bonds is 4. The van der Waals surface area contributed by atoms with Gasteiger partial charge in [-0.1, -0.05) is 25.1 Å². The van der Waals surface area contributed by atoms with Gasteiger partial charge in [0.15, 0.2) is 9.84 Å². The maximum Gasteiger partial charge on any atom is 0.154 e. The first-order valence-electron chi connectivity index (χ1n) is 6.74. The number of benzene rings is 1. The summed E-state index contributed by atoms with van der Waals surface area (Å²) in [4.78, 5) is 12.2. The second-order valence-corrected chi connectivity index (χ2v) is 8.99. The molecular formula is C15H20O3S2. The molecule has 0 N–H and O–H groups in total. The van der Waals surface area contributed by atoms with Crippen molar-refractivity contribution in [2.75, 3.05) is 6.26 Å². The third-order valence-corrected chi connectivity index (χ3v) is 7.01. The fourth-order valence-corrected chi connectivity index (χ4v) is 6.09. The van der Waals surface area contributed by atoms with Gasteiger partial charge in [-0.25, -0.2) is 8.42 Å². The van der Waals surface area contributed by atoms with Crippen LogP contribution in [-0.2, 0) is 14.6 Å². The number of carbonyl (C=O) groups excluding carboxylic acids is 1. The van der Waals surface area contributed by atoms with E-state index in [0.717, 1.165) is 16.9 Å². The highest BCUT2D eigenvalue weighted by molar-refractivity contribution is 8.00. The summed E-state index contributed by atoms with van der Waals surface area (Å²) in [6.45, 7) is 3.57. The molecule has 0 spiro atoms. The highest BCUT2D eigenvalue weighted by atomic mass is 32.2. The minimum absolute atomic E-state index is 0.0178. The number of thioether (sulfide) groups is 1. The second kappa shape index (κ2) is 5.90. The van der Waals surface area contributed by atoms with Crippen LogP contribution in [0.25, 0.3) is 0 Å². The number of carbonyl (C=O) groups is 1. The molecule has 0 radical (unpaired) electrons. The van der Waals surface area contributed by atoms with Gasteiger partial charge in [-0.05, 0) is 30.9 Å². The van der Waals surface area contributed by atoms with E-state index in [2.05, 4.69) is 0 Å². The van der Waals surface area contributed by atoms with Gasteiger partial charge in [0.05, 0.1) is 5.25 Å². The Labute approximate surface area is 125 Å². The topological polar surface area (TPSA) is 51.2 Å². The minimum atomic E-state index is -3.16. The number of ketones is 1. The Morgan fingerprint density at radius 1 is 1.30 bits per heavy atom. The summed E-state index contributed by atoms with van der Waals surface area (Å²) in [6.07, 6.45) is 2.56. The van der Waals surface area contributed by atoms with E-state index in [-0.39, 0.29) is 17.0 Å². The van der Waals surface area contributed by atoms with E-state index in [1.165, 1.54) is 6.26 Å². The Bertz CT molecular complexity index is 607. The van der Waals surface area contributed by atoms with Gasteiger partial charge in [0.1, 0.15) is 5.78 Å². The quantitative estimate of drug-likeness (QED) is 0.856. The van der Waals surface area contributed by atoms with Crippen molar-refractivity contribution < 1.29 is 13.2 Å². The lowest BCUT2D eigenvalue weighted by molar-refractivity contribution is -0.117. The predicted octanol–water partition coefficient (Wildman–Crippen LogP) is 3.25. The van der Waals surface area contributed by atoms with Gasteiger partial charge in [0.25, 0.3) is 0 Å². The Morgan fingerprint density at radius 3 is 2.55 bits per heavy atom. The Balaban J connectivity index is 2.38. The van der Waals surface area contributed by atoms with E-state index in [0.29, 0.717) is 6.42 Å². The summed E-state index contributed by atoms with van der Waals surface area (Å²) in [6, 6.07) is 7.71. The molecule has 1 unspecified atom stereocenters. The summed E-state index contributed by atoms with van der Waals surface area (Å²) in [5.41, 5.74) is 0.909. The van der Waals surface area contributed by atoms with Crippen LogP contribution >= 0.6 is 11.8 Å². The predicted molar refractivity (Wildman–Crippen MR) is 82.8 cm³/mol. The van der Waals surface area contributed by atoms with Gasteiger partial charge in [-0.3, -0.25) is 0 Å². The summed E-state index contributed by atoms with van der Waals surface area (Å²) >= 11 is 1.71. The van der Waals surface area contributed by atoms with Gasteiger partial charge >= 0.3 is 0 Å². The molecule has 3 nitrogen and oxygen atoms in total. The van der Waals surface area contributed by atoms with E-state index < -0.39 is 15.1 Å². The fraction of sp³-hybridized carbons (Fsp3) is 0.533. The lowest BCUT2D eigenvalue weighted by Crippen LogP contribution is -2.31. The Hall–Kier alpha value is -0.810. The minimum Gasteiger partial charge on any atom is -0.300 e. The molecule has 0 fully saturated rings. The smallest absolute Gasteiger partial charge is 0.154 e. The van der Waals surface area contributed by atoms with Crippen LogP contribution in [0.4, 0.5) is 0 Å². The number of fused-ring (bicyclic) bond motifs is 1. The molecule has 110 valence electrons. The number of sulfone groups is 1. The molecule has 1 aliphatic heterocycles. The average molecular weight is 312 g/mol. The maximum absolute atomic E-state index is 12.2. The van der Waals surface area contributed by atoms with Crippen LogP contribution in [0.2, 0.25) is 0 Å². The maximum atomic E-state index is 12.2. The summed E-state index contributed by atoms with van der Waals surface area (Å²) in [5.74, 6) is 0.178. The van der Waals surface area contributed by atoms with Crippen LogP contribution in [0.3, 0.4) is 0 Å². The van der Waals surface area contributed by atoms with E-state index in [4.69, 9.17) is 0 Å². The van der Waals surface area contributed by atoms with Gasteiger partial charge in [0.2, 0.25) is 0 Å². The summed E-state index contributed by atoms with van der Waals surface area (Å²) in [7, 11) is -3.16. The van der Waals surface area contributed by atoms with E-state index >= 15 is 0 Å². The normalized spacial score (nSPS) is 26.1. The molecule has 5 heteroatoms. The standard InChI is InChI=1S/C15H20O3S2/c1-10(16)8-9-13-11(2)15(20(3,17)18)12-6-4-5-7-14(12)19-13/h4-7,11,13,15H,8-9H2,1-3H3/t11-,13+,15?/m1/s1. The fourth-order valence-electron chi connectivity index (χ4n) is 2.86. The molecular weight excluding hydrogens is 292 g/mol. The molecule has 0 aliphatic carbocycles. The van der Waals surface area contributed by atoms with Crippen molar-refractivity contribution in [2.24, 2.45) is 5.92 Å². The molecule has 2 rings (SSSR count). The van der Waals surface area contributed by atoms with Crippen molar-refractivity contribution >= 4 is 27.4 Å². The highest BCUT2D eigenvalue weighted by Gasteiger charge is 2.39. The monoisotopic (exact) mass is 312 g/mol. The zero-order valence-corrected chi connectivity index (χ0v) is 13.6. The molecule has 1 heterocycles. The molecule has 0 amide bonds. The van der Waals surface area contributed by atoms with Gasteiger partial charge < -0.3 is 4.79 Å². The highest BCUT2D eigenvalue weighted by Crippen LogP contribution is 2.48. The van der Waals surface area contributed by atoms with Gasteiger partial charge in [0, 0.05) is 22.8 Å². The van der Waals surface area contributed by atoms with Crippen LogP contribution < -0.4 is 0 Å². The lowest BCUT2D eigenvalue weighted by atomic mass is 9.93. The number of hydrogen-bond acceptors (Lipinski definition) is 4. The van der Waals surface area contributed by atoms with Crippen molar-refractivity contribution in [3.63, 3.8) is 0 Å². The largest absolute Gasteiger partial charge is 0.300 e. The molecule has 0 bridgehead atoms. The summed E-state index contributed by atoms with van der Waals surface area (Å²) < 4.78 is 24.3. The van der Waals surface area contributed by atoms with E-state index in [1.807, 2.05) is 31.2 Å². The van der Waals surface area contributed by atoms with E-state index in [9.17, 15) is 13.2 Å². The van der Waals surface area contributed by atoms with Crippen LogP contribution in [0.5, 0.6) is 0 Å². The Morgan fingerprint density at radius 2 is 1.95 bits per heavy atom. The molecule has 0 saturated carbocycles. The van der Waals surface area contributed by atoms with Crippen molar-refractivity contribution in [3.8, 4) is 0 Å². The average Bonchev–Trinajstić information content (AvgIpc) is 2.34. The first-order chi connectivity index (χ1) is 9.30. The Kier molecular flexibility index (Phi) is 4.59. The zero-order valence-electron chi connectivity index (χ0n) is 12.0. The van der Waals surface area contributed by atoms with Crippen molar-refractivity contribution in [1.29, 1.82) is 0 Å². The van der Waals surface area contributed by atoms with Gasteiger partial charge in [-0.15, -0.1) is 11.8 Å². The third kappa shape index (κ3) is 3.26. The molecule has 1 aromatic rings. The third-order valence-electron chi connectivity index (χ3n) is 3.81. The number of hydrogen-bond donors (Lipinski definition) is 0. The van der Waals surface area contributed by atoms with Crippen molar-refractivity contribution in [1.82, 2.24) is 0 Å². The number of Topliss-reactive ketones (excluding diaryl/α,β-unsaturated/α-hetero) is 1. The van der Waals surface area contributed by atoms with Crippen LogP contribution in [0, 0.1) is 5.92 Å². The van der Waals surface area contributed by atoms with Crippen LogP contribution in [0.15, 0.2) is 29.2 Å². The first-order valence-corrected chi connectivity index (χ1v) is 9.58. The van der Waals surface area contributed by atoms with Crippen LogP contribution in [0.1, 0.15) is 37.5 Å². The molecule has 0 aromatic heterocycles. The van der Waals surface area contributed by atoms with Crippen molar-refractivity contribution in [3.05, 3.63) is 29.8 Å². The molecule has 3 atom stereocenters. The zero-order chi connectivity index (χ0) is 14.9. The van der Waals surface area contributed by atoms with Gasteiger partial charge in [-0.2, -0.15) is 0 Å². The van der Waals surface area contributed by atoms with Crippen molar-refractivity contribution in [2.45, 2.75) is 42.1 Å². The summed E-state index contributed by atoms with van der Waals surface area (Å²) in [5, 5.41) is -0.287. The first kappa shape index (κ1) is 15.6. The molecule has 1 aliphatic rings. The SMILES string of the molecule is CC(=O)CC[C@@H]1Sc2ccccc2C(S(C)(=O)=O)[C@@H]1C.